The molecule has 0 aromatic heterocycles. The van der Waals surface area contributed by atoms with Gasteiger partial charge in [0.1, 0.15) is 24.4 Å². The molecule has 0 unspecified atom stereocenters. The van der Waals surface area contributed by atoms with E-state index < -0.39 is 35.3 Å². The molecule has 0 bridgehead atoms. The van der Waals surface area contributed by atoms with Crippen molar-refractivity contribution in [3.05, 3.63) is 215 Å². The normalized spacial score (nSPS) is 21.3. The summed E-state index contributed by atoms with van der Waals surface area (Å²) in [6.45, 7) is 0. The van der Waals surface area contributed by atoms with Gasteiger partial charge in [0.15, 0.2) is 11.2 Å². The molecule has 6 aromatic carbocycles. The van der Waals surface area contributed by atoms with E-state index in [1.54, 1.807) is 48.5 Å². The summed E-state index contributed by atoms with van der Waals surface area (Å²) in [6, 6.07) is 56.3. The second-order valence-electron chi connectivity index (χ2n) is 17.3. The van der Waals surface area contributed by atoms with E-state index in [0.717, 1.165) is 73.6 Å². The molecule has 8 heteroatoms. The smallest absolute Gasteiger partial charge is 0.341 e. The lowest BCUT2D eigenvalue weighted by Crippen LogP contribution is -2.49. The van der Waals surface area contributed by atoms with Crippen molar-refractivity contribution in [2.45, 2.75) is 112 Å². The maximum absolute atomic E-state index is 13.5. The van der Waals surface area contributed by atoms with Gasteiger partial charge in [-0.1, -0.05) is 195 Å². The number of rotatable bonds is 14. The van der Waals surface area contributed by atoms with Crippen LogP contribution in [0.25, 0.3) is 0 Å². The van der Waals surface area contributed by atoms with Gasteiger partial charge in [-0.3, -0.25) is 0 Å². The van der Waals surface area contributed by atoms with Gasteiger partial charge in [0.25, 0.3) is 0 Å². The lowest BCUT2D eigenvalue weighted by atomic mass is 9.81. The highest BCUT2D eigenvalue weighted by Gasteiger charge is 2.49. The van der Waals surface area contributed by atoms with E-state index in [-0.39, 0.29) is 36.9 Å². The van der Waals surface area contributed by atoms with Crippen LogP contribution in [-0.4, -0.2) is 55.8 Å². The molecule has 2 fully saturated rings. The summed E-state index contributed by atoms with van der Waals surface area (Å²) in [5.41, 5.74) is 0.552. The number of hydrogen-bond donors (Lipinski definition) is 4. The van der Waals surface area contributed by atoms with Crippen LogP contribution < -0.4 is 0 Å². The average Bonchev–Trinajstić information content (AvgIpc) is 3.35. The summed E-state index contributed by atoms with van der Waals surface area (Å²) in [5, 5.41) is 45.5. The van der Waals surface area contributed by atoms with Crippen LogP contribution in [0.2, 0.25) is 0 Å². The van der Waals surface area contributed by atoms with Crippen LogP contribution in [0.15, 0.2) is 182 Å². The van der Waals surface area contributed by atoms with E-state index in [9.17, 15) is 30.0 Å². The van der Waals surface area contributed by atoms with Gasteiger partial charge in [0.05, 0.1) is 0 Å². The van der Waals surface area contributed by atoms with Crippen molar-refractivity contribution in [1.82, 2.24) is 0 Å². The maximum atomic E-state index is 13.5. The van der Waals surface area contributed by atoms with E-state index in [4.69, 9.17) is 9.47 Å². The molecule has 8 atom stereocenters. The Labute approximate surface area is 377 Å². The van der Waals surface area contributed by atoms with Gasteiger partial charge in [-0.2, -0.15) is 0 Å². The minimum Gasteiger partial charge on any atom is -0.460 e. The first kappa shape index (κ1) is 46.1. The monoisotopic (exact) mass is 860 g/mol. The number of carbonyl (C=O) groups is 2. The van der Waals surface area contributed by atoms with Crippen molar-refractivity contribution in [2.24, 2.45) is 0 Å². The molecular formula is C56H60O8. The quantitative estimate of drug-likeness (QED) is 0.0796. The van der Waals surface area contributed by atoms with Gasteiger partial charge in [0.2, 0.25) is 0 Å². The largest absolute Gasteiger partial charge is 0.460 e. The number of aliphatic hydroxyl groups excluding tert-OH is 2. The van der Waals surface area contributed by atoms with Crippen molar-refractivity contribution in [3.8, 4) is 0 Å². The molecule has 0 amide bonds. The van der Waals surface area contributed by atoms with Crippen molar-refractivity contribution in [2.75, 3.05) is 0 Å². The van der Waals surface area contributed by atoms with Gasteiger partial charge >= 0.3 is 11.9 Å². The Balaban J connectivity index is 0.000000191. The third-order valence-corrected chi connectivity index (χ3v) is 12.9. The molecular weight excluding hydrogens is 801 g/mol. The number of carbonyl (C=O) groups excluding carboxylic acids is 2. The fraction of sp³-hybridized carbons (Fsp3) is 0.321. The molecule has 4 N–H and O–H groups in total. The topological polar surface area (TPSA) is 134 Å². The van der Waals surface area contributed by atoms with E-state index in [2.05, 4.69) is 24.3 Å². The summed E-state index contributed by atoms with van der Waals surface area (Å²) in [7, 11) is 0. The zero-order valence-corrected chi connectivity index (χ0v) is 36.3. The molecule has 2 saturated carbocycles. The lowest BCUT2D eigenvalue weighted by Gasteiger charge is -2.36. The van der Waals surface area contributed by atoms with Crippen molar-refractivity contribution in [1.29, 1.82) is 0 Å². The van der Waals surface area contributed by atoms with Crippen molar-refractivity contribution in [3.63, 3.8) is 0 Å². The number of hydrogen-bond acceptors (Lipinski definition) is 8. The van der Waals surface area contributed by atoms with E-state index in [1.807, 2.05) is 109 Å². The summed E-state index contributed by atoms with van der Waals surface area (Å²) < 4.78 is 12.0. The minimum atomic E-state index is -2.10. The Morgan fingerprint density at radius 2 is 0.719 bits per heavy atom. The van der Waals surface area contributed by atoms with Crippen LogP contribution in [0, 0.1) is 0 Å². The highest BCUT2D eigenvalue weighted by molar-refractivity contribution is 5.82. The number of esters is 2. The lowest BCUT2D eigenvalue weighted by molar-refractivity contribution is -0.187. The van der Waals surface area contributed by atoms with Gasteiger partial charge in [-0.05, 0) is 71.9 Å². The highest BCUT2D eigenvalue weighted by atomic mass is 16.6. The van der Waals surface area contributed by atoms with Gasteiger partial charge in [-0.25, -0.2) is 9.59 Å². The Kier molecular flexibility index (Phi) is 15.9. The maximum Gasteiger partial charge on any atom is 0.341 e. The molecule has 0 spiro atoms. The zero-order valence-electron chi connectivity index (χ0n) is 36.3. The van der Waals surface area contributed by atoms with Crippen LogP contribution in [0.1, 0.15) is 109 Å². The van der Waals surface area contributed by atoms with Crippen molar-refractivity contribution < 1.29 is 39.5 Å². The minimum absolute atomic E-state index is 0.0363. The van der Waals surface area contributed by atoms with E-state index in [0.29, 0.717) is 11.1 Å². The van der Waals surface area contributed by atoms with E-state index >= 15 is 0 Å². The first-order valence-corrected chi connectivity index (χ1v) is 22.7. The van der Waals surface area contributed by atoms with Crippen LogP contribution in [0.3, 0.4) is 0 Å². The number of benzene rings is 6. The molecule has 6 aromatic rings. The van der Waals surface area contributed by atoms with Crippen LogP contribution in [0.5, 0.6) is 0 Å². The first-order chi connectivity index (χ1) is 31.2. The summed E-state index contributed by atoms with van der Waals surface area (Å²) >= 11 is 0. The van der Waals surface area contributed by atoms with Gasteiger partial charge in [-0.15, -0.1) is 0 Å². The molecule has 0 radical (unpaired) electrons. The second kappa shape index (κ2) is 22.1. The third-order valence-electron chi connectivity index (χ3n) is 12.9. The molecule has 0 aliphatic heterocycles. The Morgan fingerprint density at radius 3 is 1.05 bits per heavy atom. The second-order valence-corrected chi connectivity index (χ2v) is 17.3. The Morgan fingerprint density at radius 1 is 0.438 bits per heavy atom. The summed E-state index contributed by atoms with van der Waals surface area (Å²) in [6.07, 6.45) is 3.90. The van der Waals surface area contributed by atoms with Crippen molar-refractivity contribution >= 4 is 11.9 Å². The first-order valence-electron chi connectivity index (χ1n) is 22.7. The highest BCUT2D eigenvalue weighted by Crippen LogP contribution is 2.40. The molecule has 8 rings (SSSR count). The molecule has 0 heterocycles. The Hall–Kier alpha value is -5.90. The predicted molar refractivity (Wildman–Crippen MR) is 248 cm³/mol. The molecule has 2 aliphatic carbocycles. The molecule has 2 aliphatic rings. The molecule has 0 saturated heterocycles. The molecule has 8 nitrogen and oxygen atoms in total. The van der Waals surface area contributed by atoms with Crippen LogP contribution in [-0.2, 0) is 31.9 Å². The zero-order chi connectivity index (χ0) is 44.8. The standard InChI is InChI=1S/2C28H30O4/c2*29-26(23-16-8-3-9-17-23)28(31,20-21-12-4-1-5-13-21)27(30)32-25-19-11-10-18-24(25)22-14-6-2-7-15-22/h2*1-9,12-17,24-26,29,31H,10-11,18-20H2/t2*24-,25+,26-,28+/m00/s1. The van der Waals surface area contributed by atoms with Crippen LogP contribution in [0.4, 0.5) is 0 Å². The third kappa shape index (κ3) is 11.4. The summed E-state index contributed by atoms with van der Waals surface area (Å²) in [4.78, 5) is 27.0. The SMILES string of the molecule is O=C(O[C@@H]1CCCC[C@H]1c1ccccc1)[C@@](O)(Cc1ccccc1)[C@@H](O)c1ccccc1.O=C(O[C@@H]1CCCC[C@H]1c1ccccc1)[C@@](O)(Cc1ccccc1)[C@@H](O)c1ccccc1. The van der Waals surface area contributed by atoms with Gasteiger partial charge in [0, 0.05) is 24.7 Å². The molecule has 332 valence electrons. The van der Waals surface area contributed by atoms with Gasteiger partial charge < -0.3 is 29.9 Å². The molecule has 64 heavy (non-hydrogen) atoms. The predicted octanol–water partition coefficient (Wildman–Crippen LogP) is 9.93. The van der Waals surface area contributed by atoms with Crippen LogP contribution >= 0.6 is 0 Å². The Bertz CT molecular complexity index is 2150. The fourth-order valence-corrected chi connectivity index (χ4v) is 9.32. The average molecular weight is 861 g/mol. The summed E-state index contributed by atoms with van der Waals surface area (Å²) in [5.74, 6) is -1.37. The fourth-order valence-electron chi connectivity index (χ4n) is 9.32. The van der Waals surface area contributed by atoms with E-state index in [1.165, 1.54) is 0 Å². The number of ether oxygens (including phenoxy) is 2. The number of aliphatic hydroxyl groups is 4.